The number of rotatable bonds is 3. The molecule has 2 aliphatic rings. The molecule has 2 rings (SSSR count). The van der Waals surface area contributed by atoms with Crippen LogP contribution in [0.25, 0.3) is 0 Å². The smallest absolute Gasteiger partial charge is 0.248 e. The minimum Gasteiger partial charge on any atom is -0.368 e. The largest absolute Gasteiger partial charge is 0.368 e. The molecule has 0 unspecified atom stereocenters. The van der Waals surface area contributed by atoms with Crippen LogP contribution >= 0.6 is 0 Å². The van der Waals surface area contributed by atoms with E-state index >= 15 is 0 Å². The molecule has 1 amide bonds. The molecule has 0 aromatic carbocycles. The Labute approximate surface area is 103 Å². The molecule has 1 aliphatic carbocycles. The second-order valence-electron chi connectivity index (χ2n) is 5.50. The zero-order valence-corrected chi connectivity index (χ0v) is 10.7. The highest BCUT2D eigenvalue weighted by atomic mass is 16.5. The van der Waals surface area contributed by atoms with Gasteiger partial charge in [0.25, 0.3) is 0 Å². The lowest BCUT2D eigenvalue weighted by atomic mass is 9.88. The van der Waals surface area contributed by atoms with Gasteiger partial charge in [-0.15, -0.1) is 0 Å². The maximum absolute atomic E-state index is 11.9. The fraction of sp³-hybridized carbons (Fsp3) is 0.923. The predicted octanol–water partition coefficient (Wildman–Crippen LogP) is 1.14. The van der Waals surface area contributed by atoms with Crippen LogP contribution in [0.3, 0.4) is 0 Å². The molecular formula is C13H24N2O2. The van der Waals surface area contributed by atoms with Gasteiger partial charge in [-0.05, 0) is 25.2 Å². The maximum Gasteiger partial charge on any atom is 0.248 e. The number of nitrogens with zero attached hydrogens (tertiary/aromatic N) is 1. The lowest BCUT2D eigenvalue weighted by molar-refractivity contribution is -0.139. The summed E-state index contributed by atoms with van der Waals surface area (Å²) in [5, 5.41) is 0. The van der Waals surface area contributed by atoms with E-state index in [1.165, 1.54) is 19.3 Å². The Hall–Kier alpha value is -0.610. The summed E-state index contributed by atoms with van der Waals surface area (Å²) >= 11 is 0. The van der Waals surface area contributed by atoms with Gasteiger partial charge in [-0.3, -0.25) is 4.79 Å². The predicted molar refractivity (Wildman–Crippen MR) is 66.5 cm³/mol. The molecule has 0 aromatic rings. The number of carbonyl (C=O) groups is 1. The van der Waals surface area contributed by atoms with Crippen LogP contribution in [-0.2, 0) is 9.53 Å². The van der Waals surface area contributed by atoms with Crippen molar-refractivity contribution in [3.63, 3.8) is 0 Å². The van der Waals surface area contributed by atoms with Crippen LogP contribution in [-0.4, -0.2) is 42.6 Å². The first-order valence-corrected chi connectivity index (χ1v) is 6.82. The standard InChI is InChI=1S/C13H24N2O2/c1-10-4-2-3-5-12(10)17-9-13(16)15-7-6-11(14)8-15/h10-12H,2-9,14H2,1H3/t10-,11+,12-/m1/s1. The fourth-order valence-corrected chi connectivity index (χ4v) is 2.81. The van der Waals surface area contributed by atoms with Crippen molar-refractivity contribution in [1.29, 1.82) is 0 Å². The summed E-state index contributed by atoms with van der Waals surface area (Å²) < 4.78 is 5.77. The zero-order valence-electron chi connectivity index (χ0n) is 10.7. The first-order chi connectivity index (χ1) is 8.16. The van der Waals surface area contributed by atoms with Gasteiger partial charge in [0.05, 0.1) is 6.10 Å². The molecule has 2 fully saturated rings. The highest BCUT2D eigenvalue weighted by Crippen LogP contribution is 2.26. The van der Waals surface area contributed by atoms with Crippen LogP contribution in [0, 0.1) is 5.92 Å². The molecule has 4 heteroatoms. The normalized spacial score (nSPS) is 34.0. The Kier molecular flexibility index (Phi) is 4.40. The molecule has 1 heterocycles. The first kappa shape index (κ1) is 12.8. The second-order valence-corrected chi connectivity index (χ2v) is 5.50. The van der Waals surface area contributed by atoms with E-state index in [2.05, 4.69) is 6.92 Å². The van der Waals surface area contributed by atoms with Crippen LogP contribution in [0.2, 0.25) is 0 Å². The number of amides is 1. The van der Waals surface area contributed by atoms with E-state index in [1.807, 2.05) is 4.90 Å². The SMILES string of the molecule is C[C@@H]1CCCC[C@H]1OCC(=O)N1CC[C@H](N)C1. The molecule has 1 saturated heterocycles. The zero-order chi connectivity index (χ0) is 12.3. The van der Waals surface area contributed by atoms with Crippen LogP contribution in [0.15, 0.2) is 0 Å². The number of likely N-dealkylation sites (tertiary alicyclic amines) is 1. The molecule has 3 atom stereocenters. The Bertz CT molecular complexity index is 270. The minimum atomic E-state index is 0.107. The third-order valence-corrected chi connectivity index (χ3v) is 4.03. The Morgan fingerprint density at radius 2 is 2.12 bits per heavy atom. The Balaban J connectivity index is 1.72. The van der Waals surface area contributed by atoms with Crippen molar-refractivity contribution < 1.29 is 9.53 Å². The number of carbonyl (C=O) groups excluding carboxylic acids is 1. The molecule has 1 aliphatic heterocycles. The van der Waals surface area contributed by atoms with Crippen LogP contribution in [0.5, 0.6) is 0 Å². The Morgan fingerprint density at radius 3 is 2.76 bits per heavy atom. The second kappa shape index (κ2) is 5.83. The van der Waals surface area contributed by atoms with Crippen molar-refractivity contribution in [2.75, 3.05) is 19.7 Å². The van der Waals surface area contributed by atoms with Crippen LogP contribution in [0.1, 0.15) is 39.0 Å². The number of nitrogens with two attached hydrogens (primary N) is 1. The van der Waals surface area contributed by atoms with Crippen LogP contribution in [0.4, 0.5) is 0 Å². The molecule has 98 valence electrons. The molecular weight excluding hydrogens is 216 g/mol. The highest BCUT2D eigenvalue weighted by Gasteiger charge is 2.26. The molecule has 0 aromatic heterocycles. The Morgan fingerprint density at radius 1 is 1.35 bits per heavy atom. The van der Waals surface area contributed by atoms with Crippen molar-refractivity contribution in [1.82, 2.24) is 4.90 Å². The van der Waals surface area contributed by atoms with E-state index in [0.717, 1.165) is 19.4 Å². The maximum atomic E-state index is 11.9. The van der Waals surface area contributed by atoms with Gasteiger partial charge < -0.3 is 15.4 Å². The van der Waals surface area contributed by atoms with Gasteiger partial charge in [-0.2, -0.15) is 0 Å². The van der Waals surface area contributed by atoms with Gasteiger partial charge in [0.15, 0.2) is 0 Å². The topological polar surface area (TPSA) is 55.6 Å². The van der Waals surface area contributed by atoms with E-state index in [9.17, 15) is 4.79 Å². The van der Waals surface area contributed by atoms with Gasteiger partial charge in [0.1, 0.15) is 6.61 Å². The summed E-state index contributed by atoms with van der Waals surface area (Å²) in [6.07, 6.45) is 6.07. The van der Waals surface area contributed by atoms with Crippen molar-refractivity contribution in [3.8, 4) is 0 Å². The van der Waals surface area contributed by atoms with Crippen molar-refractivity contribution in [3.05, 3.63) is 0 Å². The molecule has 17 heavy (non-hydrogen) atoms. The number of hydrogen-bond acceptors (Lipinski definition) is 3. The third-order valence-electron chi connectivity index (χ3n) is 4.03. The lowest BCUT2D eigenvalue weighted by Gasteiger charge is -2.29. The van der Waals surface area contributed by atoms with Gasteiger partial charge >= 0.3 is 0 Å². The van der Waals surface area contributed by atoms with E-state index in [-0.39, 0.29) is 24.7 Å². The quantitative estimate of drug-likeness (QED) is 0.805. The number of ether oxygens (including phenoxy) is 1. The minimum absolute atomic E-state index is 0.107. The van der Waals surface area contributed by atoms with Crippen LogP contribution < -0.4 is 5.73 Å². The lowest BCUT2D eigenvalue weighted by Crippen LogP contribution is -2.36. The van der Waals surface area contributed by atoms with E-state index < -0.39 is 0 Å². The van der Waals surface area contributed by atoms with E-state index in [0.29, 0.717) is 12.5 Å². The number of hydrogen-bond donors (Lipinski definition) is 1. The monoisotopic (exact) mass is 240 g/mol. The summed E-state index contributed by atoms with van der Waals surface area (Å²) in [7, 11) is 0. The average molecular weight is 240 g/mol. The molecule has 0 spiro atoms. The van der Waals surface area contributed by atoms with E-state index in [4.69, 9.17) is 10.5 Å². The van der Waals surface area contributed by atoms with Crippen molar-refractivity contribution in [2.24, 2.45) is 11.7 Å². The molecule has 1 saturated carbocycles. The fourth-order valence-electron chi connectivity index (χ4n) is 2.81. The van der Waals surface area contributed by atoms with Crippen molar-refractivity contribution in [2.45, 2.75) is 51.2 Å². The van der Waals surface area contributed by atoms with Gasteiger partial charge in [-0.1, -0.05) is 19.8 Å². The average Bonchev–Trinajstić information content (AvgIpc) is 2.74. The molecule has 4 nitrogen and oxygen atoms in total. The van der Waals surface area contributed by atoms with Crippen molar-refractivity contribution >= 4 is 5.91 Å². The molecule has 0 bridgehead atoms. The first-order valence-electron chi connectivity index (χ1n) is 6.82. The summed E-state index contributed by atoms with van der Waals surface area (Å²) in [5.74, 6) is 0.702. The summed E-state index contributed by atoms with van der Waals surface area (Å²) in [5.41, 5.74) is 5.79. The summed E-state index contributed by atoms with van der Waals surface area (Å²) in [4.78, 5) is 13.7. The summed E-state index contributed by atoms with van der Waals surface area (Å²) in [6, 6.07) is 0.160. The third kappa shape index (κ3) is 3.42. The molecule has 2 N–H and O–H groups in total. The van der Waals surface area contributed by atoms with Gasteiger partial charge in [0, 0.05) is 19.1 Å². The van der Waals surface area contributed by atoms with Gasteiger partial charge in [0.2, 0.25) is 5.91 Å². The highest BCUT2D eigenvalue weighted by molar-refractivity contribution is 5.77. The summed E-state index contributed by atoms with van der Waals surface area (Å²) in [6.45, 7) is 3.95. The van der Waals surface area contributed by atoms with E-state index in [1.54, 1.807) is 0 Å². The van der Waals surface area contributed by atoms with Gasteiger partial charge in [-0.25, -0.2) is 0 Å². The molecule has 0 radical (unpaired) electrons.